The zero-order valence-corrected chi connectivity index (χ0v) is 19.6. The number of anilines is 2. The topological polar surface area (TPSA) is 98.8 Å². The molecule has 4 heterocycles. The number of amides is 1. The van der Waals surface area contributed by atoms with E-state index in [0.29, 0.717) is 24.0 Å². The van der Waals surface area contributed by atoms with Crippen molar-refractivity contribution in [2.45, 2.75) is 25.8 Å². The van der Waals surface area contributed by atoms with Crippen LogP contribution in [0.4, 0.5) is 11.6 Å². The van der Waals surface area contributed by atoms with Crippen LogP contribution in [0.1, 0.15) is 30.1 Å². The third-order valence-electron chi connectivity index (χ3n) is 6.19. The van der Waals surface area contributed by atoms with Gasteiger partial charge in [0.1, 0.15) is 23.6 Å². The van der Waals surface area contributed by atoms with Crippen LogP contribution in [0, 0.1) is 11.8 Å². The average Bonchev–Trinajstić information content (AvgIpc) is 3.34. The SMILES string of the molecule is CC#CCN[C@H]1CCCN(c2ncnc3[nH]cc(-c4ccc(C(=O)Nc5ccccn5)cc4)c23)C1. The van der Waals surface area contributed by atoms with Crippen molar-refractivity contribution in [1.82, 2.24) is 25.3 Å². The Morgan fingerprint density at radius 2 is 2.06 bits per heavy atom. The van der Waals surface area contributed by atoms with Gasteiger partial charge in [-0.25, -0.2) is 15.0 Å². The lowest BCUT2D eigenvalue weighted by Gasteiger charge is -2.34. The van der Waals surface area contributed by atoms with E-state index >= 15 is 0 Å². The van der Waals surface area contributed by atoms with Crippen LogP contribution < -0.4 is 15.5 Å². The third kappa shape index (κ3) is 5.00. The first-order valence-corrected chi connectivity index (χ1v) is 11.8. The summed E-state index contributed by atoms with van der Waals surface area (Å²) in [6.07, 6.45) is 7.43. The Balaban J connectivity index is 1.39. The van der Waals surface area contributed by atoms with Gasteiger partial charge >= 0.3 is 0 Å². The first-order valence-electron chi connectivity index (χ1n) is 11.8. The Kier molecular flexibility index (Phi) is 6.68. The summed E-state index contributed by atoms with van der Waals surface area (Å²) in [6, 6.07) is 13.3. The number of aromatic amines is 1. The van der Waals surface area contributed by atoms with E-state index in [4.69, 9.17) is 0 Å². The van der Waals surface area contributed by atoms with Gasteiger partial charge in [0.05, 0.1) is 11.9 Å². The van der Waals surface area contributed by atoms with E-state index in [1.165, 1.54) is 0 Å². The molecule has 1 aliphatic heterocycles. The number of H-pyrrole nitrogens is 1. The molecule has 0 aliphatic carbocycles. The fourth-order valence-electron chi connectivity index (χ4n) is 4.46. The molecule has 1 amide bonds. The molecule has 0 saturated carbocycles. The summed E-state index contributed by atoms with van der Waals surface area (Å²) in [6.45, 7) is 4.37. The summed E-state index contributed by atoms with van der Waals surface area (Å²) in [4.78, 5) is 31.5. The lowest BCUT2D eigenvalue weighted by atomic mass is 10.0. The summed E-state index contributed by atoms with van der Waals surface area (Å²) < 4.78 is 0. The molecule has 1 aromatic carbocycles. The van der Waals surface area contributed by atoms with Crippen LogP contribution in [0.5, 0.6) is 0 Å². The van der Waals surface area contributed by atoms with E-state index in [9.17, 15) is 4.79 Å². The summed E-state index contributed by atoms with van der Waals surface area (Å²) in [5.74, 6) is 7.29. The number of nitrogens with one attached hydrogen (secondary N) is 3. The molecular weight excluding hydrogens is 438 g/mol. The fourth-order valence-corrected chi connectivity index (χ4v) is 4.46. The summed E-state index contributed by atoms with van der Waals surface area (Å²) >= 11 is 0. The van der Waals surface area contributed by atoms with E-state index in [2.05, 4.69) is 47.3 Å². The van der Waals surface area contributed by atoms with Crippen molar-refractivity contribution < 1.29 is 4.79 Å². The first-order chi connectivity index (χ1) is 17.2. The minimum absolute atomic E-state index is 0.196. The molecule has 1 fully saturated rings. The lowest BCUT2D eigenvalue weighted by molar-refractivity contribution is 0.102. The van der Waals surface area contributed by atoms with Crippen molar-refractivity contribution in [2.24, 2.45) is 0 Å². The minimum Gasteiger partial charge on any atom is -0.354 e. The van der Waals surface area contributed by atoms with E-state index in [1.807, 2.05) is 49.5 Å². The number of piperidine rings is 1. The van der Waals surface area contributed by atoms with Crippen molar-refractivity contribution in [3.8, 4) is 23.0 Å². The Hall–Kier alpha value is -4.22. The van der Waals surface area contributed by atoms with Gasteiger partial charge < -0.3 is 20.5 Å². The predicted octanol–water partition coefficient (Wildman–Crippen LogP) is 3.85. The highest BCUT2D eigenvalue weighted by atomic mass is 16.1. The molecule has 1 saturated heterocycles. The summed E-state index contributed by atoms with van der Waals surface area (Å²) in [7, 11) is 0. The number of benzene rings is 1. The van der Waals surface area contributed by atoms with Gasteiger partial charge in [-0.05, 0) is 49.6 Å². The van der Waals surface area contributed by atoms with Gasteiger partial charge in [0.2, 0.25) is 0 Å². The normalized spacial score (nSPS) is 15.5. The third-order valence-corrected chi connectivity index (χ3v) is 6.19. The molecule has 8 nitrogen and oxygen atoms in total. The monoisotopic (exact) mass is 465 g/mol. The second-order valence-corrected chi connectivity index (χ2v) is 8.46. The average molecular weight is 466 g/mol. The van der Waals surface area contributed by atoms with Crippen molar-refractivity contribution in [1.29, 1.82) is 0 Å². The molecule has 176 valence electrons. The second kappa shape index (κ2) is 10.4. The number of carbonyl (C=O) groups excluding carboxylic acids is 1. The van der Waals surface area contributed by atoms with Crippen LogP contribution in [0.25, 0.3) is 22.2 Å². The molecule has 4 aromatic rings. The lowest BCUT2D eigenvalue weighted by Crippen LogP contribution is -2.46. The highest BCUT2D eigenvalue weighted by molar-refractivity contribution is 6.05. The van der Waals surface area contributed by atoms with Crippen LogP contribution in [0.3, 0.4) is 0 Å². The number of hydrogen-bond donors (Lipinski definition) is 3. The number of nitrogens with zero attached hydrogens (tertiary/aromatic N) is 4. The standard InChI is InChI=1S/C27H27N7O/c1-2-3-13-28-21-7-6-15-34(17-21)26-24-22(16-30-25(24)31-18-32-26)19-9-11-20(12-10-19)27(35)33-23-8-4-5-14-29-23/h4-5,8-12,14,16,18,21,28H,6-7,13,15,17H2,1H3,(H,29,33,35)(H,30,31,32)/t21-/m0/s1. The van der Waals surface area contributed by atoms with Gasteiger partial charge in [0, 0.05) is 42.7 Å². The largest absolute Gasteiger partial charge is 0.354 e. The first kappa shape index (κ1) is 22.6. The van der Waals surface area contributed by atoms with Crippen LogP contribution in [-0.4, -0.2) is 51.5 Å². The number of fused-ring (bicyclic) bond motifs is 1. The van der Waals surface area contributed by atoms with Gasteiger partial charge in [0.25, 0.3) is 5.91 Å². The van der Waals surface area contributed by atoms with E-state index in [-0.39, 0.29) is 5.91 Å². The minimum atomic E-state index is -0.196. The summed E-state index contributed by atoms with van der Waals surface area (Å²) in [5.41, 5.74) is 3.37. The number of aromatic nitrogens is 4. The van der Waals surface area contributed by atoms with E-state index < -0.39 is 0 Å². The van der Waals surface area contributed by atoms with Crippen LogP contribution in [-0.2, 0) is 0 Å². The van der Waals surface area contributed by atoms with Crippen molar-refractivity contribution in [2.75, 3.05) is 29.9 Å². The molecule has 1 aliphatic rings. The van der Waals surface area contributed by atoms with Gasteiger partial charge in [-0.1, -0.05) is 24.1 Å². The molecular formula is C27H27N7O. The Bertz CT molecular complexity index is 1370. The molecule has 0 spiro atoms. The molecule has 3 N–H and O–H groups in total. The highest BCUT2D eigenvalue weighted by Gasteiger charge is 2.24. The molecule has 5 rings (SSSR count). The van der Waals surface area contributed by atoms with Crippen molar-refractivity contribution in [3.63, 3.8) is 0 Å². The van der Waals surface area contributed by atoms with Gasteiger partial charge in [0.15, 0.2) is 0 Å². The Morgan fingerprint density at radius 1 is 1.17 bits per heavy atom. The predicted molar refractivity (Wildman–Crippen MR) is 138 cm³/mol. The van der Waals surface area contributed by atoms with Crippen molar-refractivity contribution in [3.05, 3.63) is 66.7 Å². The molecule has 0 radical (unpaired) electrons. The van der Waals surface area contributed by atoms with E-state index in [0.717, 1.165) is 53.9 Å². The second-order valence-electron chi connectivity index (χ2n) is 8.46. The number of hydrogen-bond acceptors (Lipinski definition) is 6. The molecule has 1 atom stereocenters. The number of rotatable bonds is 6. The zero-order chi connectivity index (χ0) is 24.0. The maximum absolute atomic E-state index is 12.6. The van der Waals surface area contributed by atoms with Gasteiger partial charge in [-0.15, -0.1) is 5.92 Å². The molecule has 35 heavy (non-hydrogen) atoms. The Morgan fingerprint density at radius 3 is 2.86 bits per heavy atom. The summed E-state index contributed by atoms with van der Waals surface area (Å²) in [5, 5.41) is 7.35. The quantitative estimate of drug-likeness (QED) is 0.374. The number of pyridine rings is 1. The van der Waals surface area contributed by atoms with Crippen LogP contribution >= 0.6 is 0 Å². The molecule has 0 bridgehead atoms. The maximum Gasteiger partial charge on any atom is 0.256 e. The van der Waals surface area contributed by atoms with Crippen LogP contribution in [0.2, 0.25) is 0 Å². The van der Waals surface area contributed by atoms with Gasteiger partial charge in [-0.3, -0.25) is 4.79 Å². The molecule has 3 aromatic heterocycles. The number of carbonyl (C=O) groups is 1. The Labute approximate surface area is 204 Å². The smallest absolute Gasteiger partial charge is 0.256 e. The van der Waals surface area contributed by atoms with E-state index in [1.54, 1.807) is 18.6 Å². The molecule has 8 heteroatoms. The highest BCUT2D eigenvalue weighted by Crippen LogP contribution is 2.34. The van der Waals surface area contributed by atoms with Crippen molar-refractivity contribution >= 4 is 28.6 Å². The molecule has 0 unspecified atom stereocenters. The van der Waals surface area contributed by atoms with Gasteiger partial charge in [-0.2, -0.15) is 0 Å². The fraction of sp³-hybridized carbons (Fsp3) is 0.259. The maximum atomic E-state index is 12.6. The zero-order valence-electron chi connectivity index (χ0n) is 19.6. The van der Waals surface area contributed by atoms with Crippen LogP contribution in [0.15, 0.2) is 61.2 Å².